The number of carbonyl (C=O) groups excluding carboxylic acids is 2. The van der Waals surface area contributed by atoms with E-state index in [0.29, 0.717) is 18.9 Å². The number of fused-ring (bicyclic) bond motifs is 3. The molecule has 0 radical (unpaired) electrons. The van der Waals surface area contributed by atoms with Crippen LogP contribution in [0.2, 0.25) is 0 Å². The van der Waals surface area contributed by atoms with Crippen molar-refractivity contribution in [1.29, 1.82) is 0 Å². The first-order valence-corrected chi connectivity index (χ1v) is 12.1. The molecular weight excluding hydrogens is 432 g/mol. The molecule has 0 bridgehead atoms. The van der Waals surface area contributed by atoms with Gasteiger partial charge < -0.3 is 20.1 Å². The number of hydrogen-bond donors (Lipinski definition) is 2. The Balaban J connectivity index is 1.03. The molecule has 34 heavy (non-hydrogen) atoms. The Morgan fingerprint density at radius 3 is 2.29 bits per heavy atom. The highest BCUT2D eigenvalue weighted by Crippen LogP contribution is 2.44. The Kier molecular flexibility index (Phi) is 6.26. The quantitative estimate of drug-likeness (QED) is 0.590. The first-order chi connectivity index (χ1) is 16.5. The second-order valence-corrected chi connectivity index (χ2v) is 9.70. The summed E-state index contributed by atoms with van der Waals surface area (Å²) in [4.78, 5) is 37.4. The van der Waals surface area contributed by atoms with Gasteiger partial charge in [-0.3, -0.25) is 9.59 Å². The fourth-order valence-corrected chi connectivity index (χ4v) is 5.35. The topological polar surface area (TPSA) is 95.9 Å². The number of carboxylic acid groups (broad SMARTS) is 1. The van der Waals surface area contributed by atoms with Gasteiger partial charge in [-0.05, 0) is 53.4 Å². The number of likely N-dealkylation sites (tertiary alicyclic amines) is 1. The van der Waals surface area contributed by atoms with Crippen LogP contribution >= 0.6 is 0 Å². The summed E-state index contributed by atoms with van der Waals surface area (Å²) in [5.74, 6) is -0.0126. The minimum Gasteiger partial charge on any atom is -0.481 e. The van der Waals surface area contributed by atoms with Crippen molar-refractivity contribution >= 4 is 18.0 Å². The van der Waals surface area contributed by atoms with Crippen LogP contribution in [0.4, 0.5) is 4.79 Å². The number of ether oxygens (including phenoxy) is 1. The van der Waals surface area contributed by atoms with Crippen LogP contribution < -0.4 is 5.32 Å². The summed E-state index contributed by atoms with van der Waals surface area (Å²) in [6, 6.07) is 16.5. The zero-order chi connectivity index (χ0) is 23.7. The Morgan fingerprint density at radius 1 is 1.00 bits per heavy atom. The number of nitrogens with zero attached hydrogens (tertiary/aromatic N) is 1. The first-order valence-electron chi connectivity index (χ1n) is 12.1. The second-order valence-electron chi connectivity index (χ2n) is 9.70. The second kappa shape index (κ2) is 9.49. The van der Waals surface area contributed by atoms with Gasteiger partial charge in [-0.2, -0.15) is 0 Å². The summed E-state index contributed by atoms with van der Waals surface area (Å²) in [5, 5.41) is 11.6. The highest BCUT2D eigenvalue weighted by Gasteiger charge is 2.47. The van der Waals surface area contributed by atoms with E-state index in [1.807, 2.05) is 29.2 Å². The lowest BCUT2D eigenvalue weighted by Crippen LogP contribution is -2.50. The molecule has 2 fully saturated rings. The van der Waals surface area contributed by atoms with E-state index in [4.69, 9.17) is 9.84 Å². The monoisotopic (exact) mass is 462 g/mol. The highest BCUT2D eigenvalue weighted by atomic mass is 16.5. The fourth-order valence-electron chi connectivity index (χ4n) is 5.35. The van der Waals surface area contributed by atoms with Crippen molar-refractivity contribution in [2.24, 2.45) is 17.8 Å². The molecule has 2 amide bonds. The van der Waals surface area contributed by atoms with E-state index in [9.17, 15) is 14.4 Å². The van der Waals surface area contributed by atoms with Crippen LogP contribution in [0.25, 0.3) is 11.1 Å². The van der Waals surface area contributed by atoms with E-state index in [1.54, 1.807) is 0 Å². The number of alkyl carbamates (subject to hydrolysis) is 1. The van der Waals surface area contributed by atoms with E-state index >= 15 is 0 Å². The minimum atomic E-state index is -0.767. The molecular formula is C27H30N2O5. The van der Waals surface area contributed by atoms with Crippen molar-refractivity contribution in [3.8, 4) is 11.1 Å². The van der Waals surface area contributed by atoms with Crippen molar-refractivity contribution in [2.75, 3.05) is 26.2 Å². The first kappa shape index (κ1) is 22.4. The third kappa shape index (κ3) is 4.65. The number of carbonyl (C=O) groups is 3. The molecule has 2 atom stereocenters. The summed E-state index contributed by atoms with van der Waals surface area (Å²) < 4.78 is 5.57. The third-order valence-corrected chi connectivity index (χ3v) is 7.36. The molecule has 7 heteroatoms. The smallest absolute Gasteiger partial charge is 0.407 e. The number of rotatable bonds is 9. The molecule has 0 spiro atoms. The lowest BCUT2D eigenvalue weighted by Gasteiger charge is -2.39. The molecule has 1 saturated carbocycles. The van der Waals surface area contributed by atoms with Gasteiger partial charge in [-0.25, -0.2) is 4.79 Å². The molecule has 1 aliphatic heterocycles. The van der Waals surface area contributed by atoms with Crippen molar-refractivity contribution in [1.82, 2.24) is 10.2 Å². The summed E-state index contributed by atoms with van der Waals surface area (Å²) in [6.45, 7) is 2.18. The molecule has 2 aromatic rings. The van der Waals surface area contributed by atoms with E-state index < -0.39 is 12.1 Å². The van der Waals surface area contributed by atoms with Crippen molar-refractivity contribution < 1.29 is 24.2 Å². The number of nitrogens with one attached hydrogen (secondary N) is 1. The number of carboxylic acids is 1. The molecule has 0 aromatic heterocycles. The van der Waals surface area contributed by atoms with Gasteiger partial charge >= 0.3 is 12.1 Å². The van der Waals surface area contributed by atoms with Gasteiger partial charge in [0.05, 0.1) is 0 Å². The Labute approximate surface area is 199 Å². The van der Waals surface area contributed by atoms with Crippen LogP contribution in [0, 0.1) is 17.8 Å². The summed E-state index contributed by atoms with van der Waals surface area (Å²) in [5.41, 5.74) is 4.75. The SMILES string of the molecule is O=C(O)CCCC1CN(C(=O)[C@H]2C[C@H]2CNC(=O)OCC2c3ccccc3-c3ccccc32)C1. The fraction of sp³-hybridized carbons (Fsp3) is 0.444. The molecule has 0 unspecified atom stereocenters. The van der Waals surface area contributed by atoms with Gasteiger partial charge in [0.15, 0.2) is 0 Å². The average Bonchev–Trinajstić information content (AvgIpc) is 3.52. The maximum absolute atomic E-state index is 12.6. The molecule has 2 aliphatic carbocycles. The van der Waals surface area contributed by atoms with E-state index in [0.717, 1.165) is 25.9 Å². The van der Waals surface area contributed by atoms with Crippen LogP contribution in [-0.4, -0.2) is 54.2 Å². The lowest BCUT2D eigenvalue weighted by atomic mass is 9.93. The number of benzene rings is 2. The minimum absolute atomic E-state index is 0.0196. The van der Waals surface area contributed by atoms with E-state index in [-0.39, 0.29) is 36.7 Å². The van der Waals surface area contributed by atoms with Crippen LogP contribution in [0.15, 0.2) is 48.5 Å². The van der Waals surface area contributed by atoms with E-state index in [1.165, 1.54) is 22.3 Å². The molecule has 3 aliphatic rings. The van der Waals surface area contributed by atoms with Crippen LogP contribution in [0.1, 0.15) is 42.7 Å². The molecule has 178 valence electrons. The van der Waals surface area contributed by atoms with Crippen molar-refractivity contribution in [2.45, 2.75) is 31.6 Å². The maximum atomic E-state index is 12.6. The van der Waals surface area contributed by atoms with Crippen molar-refractivity contribution in [3.05, 3.63) is 59.7 Å². The van der Waals surface area contributed by atoms with Gasteiger partial charge in [0.25, 0.3) is 0 Å². The molecule has 7 nitrogen and oxygen atoms in total. The predicted molar refractivity (Wildman–Crippen MR) is 126 cm³/mol. The standard InChI is InChI=1S/C27H30N2O5/c30-25(31)11-5-6-17-14-29(15-17)26(32)23-12-18(23)13-28-27(33)34-16-24-21-9-3-1-7-19(21)20-8-2-4-10-22(20)24/h1-4,7-10,17-18,23-24H,5-6,11-16H2,(H,28,33)(H,30,31)/t18-,23-/m0/s1. The van der Waals surface area contributed by atoms with Gasteiger partial charge in [-0.1, -0.05) is 48.5 Å². The molecule has 2 N–H and O–H groups in total. The van der Waals surface area contributed by atoms with Gasteiger partial charge in [0.1, 0.15) is 6.61 Å². The molecule has 2 aromatic carbocycles. The molecule has 5 rings (SSSR count). The predicted octanol–water partition coefficient (Wildman–Crippen LogP) is 3.87. The van der Waals surface area contributed by atoms with Crippen molar-refractivity contribution in [3.63, 3.8) is 0 Å². The van der Waals surface area contributed by atoms with Crippen LogP contribution in [-0.2, 0) is 14.3 Å². The Bertz CT molecular complexity index is 1050. The number of hydrogen-bond acceptors (Lipinski definition) is 4. The summed E-state index contributed by atoms with van der Waals surface area (Å²) in [6.07, 6.45) is 2.06. The number of amides is 2. The lowest BCUT2D eigenvalue weighted by molar-refractivity contribution is -0.140. The largest absolute Gasteiger partial charge is 0.481 e. The molecule has 1 saturated heterocycles. The Morgan fingerprint density at radius 2 is 1.65 bits per heavy atom. The van der Waals surface area contributed by atoms with Crippen LogP contribution in [0.5, 0.6) is 0 Å². The summed E-state index contributed by atoms with van der Waals surface area (Å²) in [7, 11) is 0. The highest BCUT2D eigenvalue weighted by molar-refractivity contribution is 5.82. The zero-order valence-corrected chi connectivity index (χ0v) is 19.1. The van der Waals surface area contributed by atoms with E-state index in [2.05, 4.69) is 29.6 Å². The van der Waals surface area contributed by atoms with Gasteiger partial charge in [0.2, 0.25) is 5.91 Å². The maximum Gasteiger partial charge on any atom is 0.407 e. The van der Waals surface area contributed by atoms with Crippen LogP contribution in [0.3, 0.4) is 0 Å². The summed E-state index contributed by atoms with van der Waals surface area (Å²) >= 11 is 0. The third-order valence-electron chi connectivity index (χ3n) is 7.36. The van der Waals surface area contributed by atoms with Gasteiger partial charge in [0, 0.05) is 37.9 Å². The number of aliphatic carboxylic acids is 1. The molecule has 1 heterocycles. The normalized spacial score (nSPS) is 20.8. The average molecular weight is 463 g/mol. The van der Waals surface area contributed by atoms with Gasteiger partial charge in [-0.15, -0.1) is 0 Å². The zero-order valence-electron chi connectivity index (χ0n) is 19.1. The Hall–Kier alpha value is -3.35.